The van der Waals surface area contributed by atoms with Crippen LogP contribution in [-0.4, -0.2) is 10.8 Å². The Balaban J connectivity index is 2.12. The zero-order valence-corrected chi connectivity index (χ0v) is 12.1. The number of ether oxygens (including phenoxy) is 1. The van der Waals surface area contributed by atoms with Crippen LogP contribution in [0.4, 0.5) is 0 Å². The molecular formula is C14H17N3OS. The summed E-state index contributed by atoms with van der Waals surface area (Å²) in [6, 6.07) is 6.12. The highest BCUT2D eigenvalue weighted by atomic mass is 32.1. The van der Waals surface area contributed by atoms with Gasteiger partial charge in [-0.3, -0.25) is 5.41 Å². The van der Waals surface area contributed by atoms with Gasteiger partial charge in [0.1, 0.15) is 23.2 Å². The van der Waals surface area contributed by atoms with Crippen molar-refractivity contribution in [2.45, 2.75) is 27.4 Å². The molecule has 0 fully saturated rings. The van der Waals surface area contributed by atoms with Gasteiger partial charge in [-0.2, -0.15) is 0 Å². The highest BCUT2D eigenvalue weighted by molar-refractivity contribution is 7.13. The Hall–Kier alpha value is -1.88. The summed E-state index contributed by atoms with van der Waals surface area (Å²) in [4.78, 5) is 5.09. The van der Waals surface area contributed by atoms with Crippen molar-refractivity contribution in [2.24, 2.45) is 5.73 Å². The number of aryl methyl sites for hydroxylation is 3. The summed E-state index contributed by atoms with van der Waals surface area (Å²) in [6.45, 7) is 6.31. The molecule has 0 atom stereocenters. The molecule has 0 bridgehead atoms. The fourth-order valence-corrected chi connectivity index (χ4v) is 2.61. The normalized spacial score (nSPS) is 10.5. The van der Waals surface area contributed by atoms with Crippen molar-refractivity contribution in [3.63, 3.8) is 0 Å². The lowest BCUT2D eigenvalue weighted by Crippen LogP contribution is -2.10. The van der Waals surface area contributed by atoms with E-state index in [1.165, 1.54) is 16.9 Å². The van der Waals surface area contributed by atoms with Crippen LogP contribution in [0, 0.1) is 26.2 Å². The molecule has 0 aliphatic heterocycles. The minimum atomic E-state index is 0.0630. The van der Waals surface area contributed by atoms with Crippen molar-refractivity contribution < 1.29 is 4.74 Å². The van der Waals surface area contributed by atoms with E-state index >= 15 is 0 Å². The topological polar surface area (TPSA) is 72.0 Å². The molecule has 100 valence electrons. The van der Waals surface area contributed by atoms with E-state index in [9.17, 15) is 0 Å². The second-order valence-electron chi connectivity index (χ2n) is 4.49. The number of hydrogen-bond acceptors (Lipinski definition) is 4. The SMILES string of the molecule is Cc1ccc(C)c(OCc2nc(C)c(C(=N)N)s2)c1. The number of rotatable bonds is 4. The number of nitrogens with one attached hydrogen (secondary N) is 1. The molecule has 4 nitrogen and oxygen atoms in total. The molecule has 5 heteroatoms. The Bertz CT molecular complexity index is 619. The van der Waals surface area contributed by atoms with Gasteiger partial charge < -0.3 is 10.5 Å². The van der Waals surface area contributed by atoms with Gasteiger partial charge in [-0.1, -0.05) is 12.1 Å². The monoisotopic (exact) mass is 275 g/mol. The molecule has 1 aromatic heterocycles. The van der Waals surface area contributed by atoms with Gasteiger partial charge in [0.2, 0.25) is 0 Å². The number of amidine groups is 1. The van der Waals surface area contributed by atoms with Gasteiger partial charge in [-0.15, -0.1) is 11.3 Å². The number of thiazole rings is 1. The summed E-state index contributed by atoms with van der Waals surface area (Å²) >= 11 is 1.41. The molecule has 0 spiro atoms. The van der Waals surface area contributed by atoms with E-state index in [1.54, 1.807) is 0 Å². The van der Waals surface area contributed by atoms with E-state index in [4.69, 9.17) is 15.9 Å². The van der Waals surface area contributed by atoms with Crippen molar-refractivity contribution in [2.75, 3.05) is 0 Å². The smallest absolute Gasteiger partial charge is 0.140 e. The Morgan fingerprint density at radius 1 is 1.37 bits per heavy atom. The molecule has 0 saturated carbocycles. The van der Waals surface area contributed by atoms with Gasteiger partial charge in [-0.25, -0.2) is 4.98 Å². The first-order chi connectivity index (χ1) is 8.97. The summed E-state index contributed by atoms with van der Waals surface area (Å²) in [5.74, 6) is 0.935. The lowest BCUT2D eigenvalue weighted by atomic mass is 10.1. The Morgan fingerprint density at radius 2 is 2.11 bits per heavy atom. The Kier molecular flexibility index (Phi) is 3.85. The number of hydrogen-bond donors (Lipinski definition) is 2. The maximum atomic E-state index is 7.46. The third kappa shape index (κ3) is 3.12. The van der Waals surface area contributed by atoms with Crippen LogP contribution in [0.25, 0.3) is 0 Å². The molecular weight excluding hydrogens is 258 g/mol. The van der Waals surface area contributed by atoms with Gasteiger partial charge in [0.15, 0.2) is 0 Å². The van der Waals surface area contributed by atoms with E-state index in [-0.39, 0.29) is 5.84 Å². The van der Waals surface area contributed by atoms with Crippen LogP contribution >= 0.6 is 11.3 Å². The number of benzene rings is 1. The van der Waals surface area contributed by atoms with Crippen LogP contribution in [0.2, 0.25) is 0 Å². The molecule has 0 radical (unpaired) electrons. The number of aromatic nitrogens is 1. The van der Waals surface area contributed by atoms with Crippen LogP contribution in [0.15, 0.2) is 18.2 Å². The quantitative estimate of drug-likeness (QED) is 0.665. The third-order valence-electron chi connectivity index (χ3n) is 2.78. The first kappa shape index (κ1) is 13.5. The lowest BCUT2D eigenvalue weighted by molar-refractivity contribution is 0.303. The van der Waals surface area contributed by atoms with E-state index in [2.05, 4.69) is 11.1 Å². The third-order valence-corrected chi connectivity index (χ3v) is 3.94. The van der Waals surface area contributed by atoms with Crippen LogP contribution < -0.4 is 10.5 Å². The van der Waals surface area contributed by atoms with E-state index in [1.807, 2.05) is 32.9 Å². The fourth-order valence-electron chi connectivity index (χ4n) is 1.77. The zero-order valence-electron chi connectivity index (χ0n) is 11.3. The summed E-state index contributed by atoms with van der Waals surface area (Å²) < 4.78 is 5.79. The van der Waals surface area contributed by atoms with Gasteiger partial charge in [0.25, 0.3) is 0 Å². The predicted octanol–water partition coefficient (Wildman–Crippen LogP) is 2.93. The summed E-state index contributed by atoms with van der Waals surface area (Å²) in [6.07, 6.45) is 0. The fraction of sp³-hybridized carbons (Fsp3) is 0.286. The second kappa shape index (κ2) is 5.40. The molecule has 0 aliphatic rings. The van der Waals surface area contributed by atoms with Crippen LogP contribution in [0.5, 0.6) is 5.75 Å². The number of nitrogen functional groups attached to an aromatic ring is 1. The molecule has 2 aromatic rings. The molecule has 19 heavy (non-hydrogen) atoms. The van der Waals surface area contributed by atoms with Gasteiger partial charge in [0, 0.05) is 0 Å². The molecule has 0 saturated heterocycles. The molecule has 0 unspecified atom stereocenters. The van der Waals surface area contributed by atoms with E-state index in [0.717, 1.165) is 26.9 Å². The van der Waals surface area contributed by atoms with Crippen molar-refractivity contribution >= 4 is 17.2 Å². The number of nitrogens with zero attached hydrogens (tertiary/aromatic N) is 1. The maximum Gasteiger partial charge on any atom is 0.140 e. The Labute approximate surface area is 116 Å². The lowest BCUT2D eigenvalue weighted by Gasteiger charge is -2.08. The van der Waals surface area contributed by atoms with E-state index in [0.29, 0.717) is 6.61 Å². The van der Waals surface area contributed by atoms with Gasteiger partial charge in [0.05, 0.1) is 10.6 Å². The summed E-state index contributed by atoms with van der Waals surface area (Å²) in [7, 11) is 0. The number of nitrogens with two attached hydrogens (primary N) is 1. The first-order valence-electron chi connectivity index (χ1n) is 5.98. The average molecular weight is 275 g/mol. The molecule has 0 aliphatic carbocycles. The van der Waals surface area contributed by atoms with Crippen molar-refractivity contribution in [3.05, 3.63) is 44.9 Å². The molecule has 1 heterocycles. The minimum absolute atomic E-state index is 0.0630. The van der Waals surface area contributed by atoms with Crippen molar-refractivity contribution in [1.29, 1.82) is 5.41 Å². The van der Waals surface area contributed by atoms with Gasteiger partial charge >= 0.3 is 0 Å². The maximum absolute atomic E-state index is 7.46. The van der Waals surface area contributed by atoms with Gasteiger partial charge in [-0.05, 0) is 38.0 Å². The Morgan fingerprint density at radius 3 is 2.74 bits per heavy atom. The van der Waals surface area contributed by atoms with Crippen LogP contribution in [-0.2, 0) is 6.61 Å². The van der Waals surface area contributed by atoms with Crippen LogP contribution in [0.3, 0.4) is 0 Å². The van der Waals surface area contributed by atoms with Crippen molar-refractivity contribution in [1.82, 2.24) is 4.98 Å². The molecule has 2 rings (SSSR count). The van der Waals surface area contributed by atoms with Crippen LogP contribution in [0.1, 0.15) is 26.7 Å². The zero-order chi connectivity index (χ0) is 14.0. The first-order valence-corrected chi connectivity index (χ1v) is 6.80. The average Bonchev–Trinajstić information content (AvgIpc) is 2.72. The molecule has 0 amide bonds. The standard InChI is InChI=1S/C14H17N3OS/c1-8-4-5-9(2)11(6-8)18-7-12-17-10(3)13(19-12)14(15)16/h4-6H,7H2,1-3H3,(H3,15,16). The molecule has 3 N–H and O–H groups in total. The highest BCUT2D eigenvalue weighted by Gasteiger charge is 2.10. The summed E-state index contributed by atoms with van der Waals surface area (Å²) in [5.41, 5.74) is 8.55. The summed E-state index contributed by atoms with van der Waals surface area (Å²) in [5, 5.41) is 8.29. The van der Waals surface area contributed by atoms with E-state index < -0.39 is 0 Å². The molecule has 1 aromatic carbocycles. The highest BCUT2D eigenvalue weighted by Crippen LogP contribution is 2.23. The second-order valence-corrected chi connectivity index (χ2v) is 5.58. The minimum Gasteiger partial charge on any atom is -0.486 e. The van der Waals surface area contributed by atoms with Crippen molar-refractivity contribution in [3.8, 4) is 5.75 Å². The largest absolute Gasteiger partial charge is 0.486 e. The predicted molar refractivity (Wildman–Crippen MR) is 78.1 cm³/mol.